The number of likely N-dealkylation sites (N-methyl/N-ethyl adjacent to an activating group) is 1. The Morgan fingerprint density at radius 2 is 2.21 bits per heavy atom. The van der Waals surface area contributed by atoms with Gasteiger partial charge >= 0.3 is 0 Å². The average Bonchev–Trinajstić information content (AvgIpc) is 2.45. The number of ketones is 1. The lowest BCUT2D eigenvalue weighted by molar-refractivity contribution is -0.121. The van der Waals surface area contributed by atoms with Gasteiger partial charge in [-0.15, -0.1) is 0 Å². The summed E-state index contributed by atoms with van der Waals surface area (Å²) in [5.74, 6) is 0.602. The van der Waals surface area contributed by atoms with E-state index in [2.05, 4.69) is 15.9 Å². The van der Waals surface area contributed by atoms with Crippen molar-refractivity contribution in [1.82, 2.24) is 0 Å². The van der Waals surface area contributed by atoms with Gasteiger partial charge in [-0.1, -0.05) is 22.9 Å². The number of carbonyl (C=O) groups is 2. The molecule has 0 spiro atoms. The SMILES string of the molecule is CCC(Br)C(=O)c1ccc2c(c1)N(CC)C(=O)CO2. The summed E-state index contributed by atoms with van der Waals surface area (Å²) in [6, 6.07) is 5.24. The van der Waals surface area contributed by atoms with Crippen molar-refractivity contribution in [3.8, 4) is 5.75 Å². The standard InChI is InChI=1S/C14H16BrNO3/c1-3-10(15)14(18)9-5-6-12-11(7-9)16(4-2)13(17)8-19-12/h5-7,10H,3-4,8H2,1-2H3. The first kappa shape index (κ1) is 14.1. The number of hydrogen-bond acceptors (Lipinski definition) is 3. The van der Waals surface area contributed by atoms with Crippen molar-refractivity contribution >= 4 is 33.3 Å². The maximum absolute atomic E-state index is 12.1. The summed E-state index contributed by atoms with van der Waals surface area (Å²) < 4.78 is 5.38. The van der Waals surface area contributed by atoms with Crippen molar-refractivity contribution in [3.63, 3.8) is 0 Å². The Hall–Kier alpha value is -1.36. The zero-order chi connectivity index (χ0) is 14.0. The van der Waals surface area contributed by atoms with Crippen LogP contribution in [0.4, 0.5) is 5.69 Å². The van der Waals surface area contributed by atoms with Gasteiger partial charge in [0.15, 0.2) is 12.4 Å². The summed E-state index contributed by atoms with van der Waals surface area (Å²) >= 11 is 3.36. The predicted octanol–water partition coefficient (Wildman–Crippen LogP) is 2.79. The molecular weight excluding hydrogens is 310 g/mol. The number of rotatable bonds is 4. The van der Waals surface area contributed by atoms with Crippen LogP contribution in [0.5, 0.6) is 5.75 Å². The maximum atomic E-state index is 12.1. The number of fused-ring (bicyclic) bond motifs is 1. The molecule has 1 aromatic rings. The Labute approximate surface area is 120 Å². The first-order chi connectivity index (χ1) is 9.08. The van der Waals surface area contributed by atoms with Crippen molar-refractivity contribution in [1.29, 1.82) is 0 Å². The van der Waals surface area contributed by atoms with Crippen molar-refractivity contribution in [2.75, 3.05) is 18.1 Å². The quantitative estimate of drug-likeness (QED) is 0.631. The topological polar surface area (TPSA) is 46.6 Å². The molecule has 0 aromatic heterocycles. The zero-order valence-electron chi connectivity index (χ0n) is 11.0. The molecule has 4 nitrogen and oxygen atoms in total. The monoisotopic (exact) mass is 325 g/mol. The molecule has 2 rings (SSSR count). The molecule has 0 fully saturated rings. The molecule has 1 atom stereocenters. The van der Waals surface area contributed by atoms with E-state index in [1.807, 2.05) is 13.8 Å². The van der Waals surface area contributed by atoms with Crippen molar-refractivity contribution in [2.45, 2.75) is 25.1 Å². The van der Waals surface area contributed by atoms with E-state index >= 15 is 0 Å². The van der Waals surface area contributed by atoms with E-state index in [9.17, 15) is 9.59 Å². The summed E-state index contributed by atoms with van der Waals surface area (Å²) in [5.41, 5.74) is 1.28. The number of anilines is 1. The van der Waals surface area contributed by atoms with E-state index in [4.69, 9.17) is 4.74 Å². The van der Waals surface area contributed by atoms with Crippen LogP contribution in [0.15, 0.2) is 18.2 Å². The summed E-state index contributed by atoms with van der Waals surface area (Å²) in [5, 5.41) is 0. The minimum absolute atomic E-state index is 0.0272. The molecule has 1 amide bonds. The van der Waals surface area contributed by atoms with Gasteiger partial charge in [-0.25, -0.2) is 0 Å². The minimum atomic E-state index is -0.194. The highest BCUT2D eigenvalue weighted by Gasteiger charge is 2.26. The molecule has 1 aromatic carbocycles. The van der Waals surface area contributed by atoms with Gasteiger partial charge in [0.1, 0.15) is 5.75 Å². The average molecular weight is 326 g/mol. The molecule has 0 aliphatic carbocycles. The van der Waals surface area contributed by atoms with Gasteiger partial charge in [0.05, 0.1) is 10.5 Å². The fourth-order valence-electron chi connectivity index (χ4n) is 2.07. The van der Waals surface area contributed by atoms with E-state index < -0.39 is 0 Å². The Bertz CT molecular complexity index is 515. The van der Waals surface area contributed by atoms with Crippen molar-refractivity contribution in [2.24, 2.45) is 0 Å². The summed E-state index contributed by atoms with van der Waals surface area (Å²) in [7, 11) is 0. The lowest BCUT2D eigenvalue weighted by atomic mass is 10.0. The first-order valence-corrected chi connectivity index (χ1v) is 7.25. The molecule has 0 N–H and O–H groups in total. The fourth-order valence-corrected chi connectivity index (χ4v) is 2.33. The number of nitrogens with zero attached hydrogens (tertiary/aromatic N) is 1. The van der Waals surface area contributed by atoms with Crippen molar-refractivity contribution < 1.29 is 14.3 Å². The normalized spacial score (nSPS) is 15.7. The lowest BCUT2D eigenvalue weighted by Crippen LogP contribution is -2.38. The first-order valence-electron chi connectivity index (χ1n) is 6.34. The van der Waals surface area contributed by atoms with Crippen LogP contribution in [0.3, 0.4) is 0 Å². The van der Waals surface area contributed by atoms with Gasteiger partial charge in [0.2, 0.25) is 0 Å². The van der Waals surface area contributed by atoms with Gasteiger partial charge in [0, 0.05) is 12.1 Å². The second-order valence-electron chi connectivity index (χ2n) is 4.35. The molecule has 102 valence electrons. The Kier molecular flexibility index (Phi) is 4.24. The van der Waals surface area contributed by atoms with E-state index in [1.54, 1.807) is 23.1 Å². The molecule has 1 heterocycles. The van der Waals surface area contributed by atoms with Crippen LogP contribution in [-0.4, -0.2) is 29.7 Å². The largest absolute Gasteiger partial charge is 0.482 e. The number of benzene rings is 1. The van der Waals surface area contributed by atoms with E-state index in [0.717, 1.165) is 6.42 Å². The number of amides is 1. The van der Waals surface area contributed by atoms with Crippen LogP contribution in [0.2, 0.25) is 0 Å². The van der Waals surface area contributed by atoms with Crippen LogP contribution < -0.4 is 9.64 Å². The second kappa shape index (κ2) is 5.74. The smallest absolute Gasteiger partial charge is 0.265 e. The fraction of sp³-hybridized carbons (Fsp3) is 0.429. The highest BCUT2D eigenvalue weighted by molar-refractivity contribution is 9.10. The number of hydrogen-bond donors (Lipinski definition) is 0. The lowest BCUT2D eigenvalue weighted by Gasteiger charge is -2.28. The highest BCUT2D eigenvalue weighted by atomic mass is 79.9. The molecule has 1 aliphatic heterocycles. The van der Waals surface area contributed by atoms with Crippen LogP contribution in [0, 0.1) is 0 Å². The van der Waals surface area contributed by atoms with Crippen LogP contribution in [-0.2, 0) is 4.79 Å². The Balaban J connectivity index is 2.39. The molecule has 0 radical (unpaired) electrons. The third-order valence-corrected chi connectivity index (χ3v) is 4.21. The summed E-state index contributed by atoms with van der Waals surface area (Å²) in [4.78, 5) is 25.4. The maximum Gasteiger partial charge on any atom is 0.265 e. The van der Waals surface area contributed by atoms with Gasteiger partial charge in [0.25, 0.3) is 5.91 Å². The number of halogens is 1. The third kappa shape index (κ3) is 2.66. The summed E-state index contributed by atoms with van der Waals surface area (Å²) in [6.45, 7) is 4.48. The molecule has 0 saturated heterocycles. The Morgan fingerprint density at radius 3 is 2.84 bits per heavy atom. The zero-order valence-corrected chi connectivity index (χ0v) is 12.6. The van der Waals surface area contributed by atoms with Crippen LogP contribution in [0.1, 0.15) is 30.6 Å². The summed E-state index contributed by atoms with van der Waals surface area (Å²) in [6.07, 6.45) is 0.725. The molecule has 5 heteroatoms. The molecule has 19 heavy (non-hydrogen) atoms. The highest BCUT2D eigenvalue weighted by Crippen LogP contribution is 2.33. The minimum Gasteiger partial charge on any atom is -0.482 e. The van der Waals surface area contributed by atoms with Gasteiger partial charge in [-0.05, 0) is 31.5 Å². The molecular formula is C14H16BrNO3. The van der Waals surface area contributed by atoms with E-state index in [0.29, 0.717) is 23.5 Å². The van der Waals surface area contributed by atoms with Gasteiger partial charge in [-0.3, -0.25) is 9.59 Å². The van der Waals surface area contributed by atoms with Crippen LogP contribution >= 0.6 is 15.9 Å². The predicted molar refractivity (Wildman–Crippen MR) is 77.3 cm³/mol. The van der Waals surface area contributed by atoms with E-state index in [-0.39, 0.29) is 23.1 Å². The molecule has 1 unspecified atom stereocenters. The van der Waals surface area contributed by atoms with Crippen molar-refractivity contribution in [3.05, 3.63) is 23.8 Å². The Morgan fingerprint density at radius 1 is 1.47 bits per heavy atom. The number of carbonyl (C=O) groups excluding carboxylic acids is 2. The van der Waals surface area contributed by atoms with Crippen LogP contribution in [0.25, 0.3) is 0 Å². The number of alkyl halides is 1. The number of ether oxygens (including phenoxy) is 1. The second-order valence-corrected chi connectivity index (χ2v) is 5.45. The number of Topliss-reactive ketones (excluding diaryl/α,β-unsaturated/α-hetero) is 1. The molecule has 0 bridgehead atoms. The van der Waals surface area contributed by atoms with Gasteiger partial charge in [-0.2, -0.15) is 0 Å². The molecule has 0 saturated carbocycles. The molecule has 1 aliphatic rings. The van der Waals surface area contributed by atoms with Gasteiger partial charge < -0.3 is 9.64 Å². The third-order valence-electron chi connectivity index (χ3n) is 3.15. The van der Waals surface area contributed by atoms with E-state index in [1.165, 1.54) is 0 Å².